The Labute approximate surface area is 160 Å². The topological polar surface area (TPSA) is 68.9 Å². The molecule has 1 heterocycles. The third kappa shape index (κ3) is 4.61. The van der Waals surface area contributed by atoms with Crippen molar-refractivity contribution < 1.29 is 9.47 Å². The van der Waals surface area contributed by atoms with Gasteiger partial charge in [-0.25, -0.2) is 0 Å². The molecule has 142 valence electrons. The molecule has 1 unspecified atom stereocenters. The molecule has 2 aromatic carbocycles. The van der Waals surface area contributed by atoms with Gasteiger partial charge in [-0.3, -0.25) is 4.99 Å². The summed E-state index contributed by atoms with van der Waals surface area (Å²) in [6.07, 6.45) is 5.88. The van der Waals surface area contributed by atoms with E-state index in [1.807, 2.05) is 54.6 Å². The van der Waals surface area contributed by atoms with Crippen LogP contribution in [0.25, 0.3) is 0 Å². The van der Waals surface area contributed by atoms with Crippen molar-refractivity contribution in [3.05, 3.63) is 54.6 Å². The highest BCUT2D eigenvalue weighted by Crippen LogP contribution is 2.44. The zero-order valence-corrected chi connectivity index (χ0v) is 15.6. The van der Waals surface area contributed by atoms with Crippen LogP contribution in [0.15, 0.2) is 59.6 Å². The van der Waals surface area contributed by atoms with Gasteiger partial charge < -0.3 is 20.5 Å². The monoisotopic (exact) mass is 365 g/mol. The smallest absolute Gasteiger partial charge is 0.193 e. The van der Waals surface area contributed by atoms with Crippen LogP contribution in [-0.4, -0.2) is 24.7 Å². The molecule has 5 nitrogen and oxygen atoms in total. The van der Waals surface area contributed by atoms with Gasteiger partial charge in [0.1, 0.15) is 11.5 Å². The molecule has 1 spiro atoms. The Hall–Kier alpha value is -2.53. The summed E-state index contributed by atoms with van der Waals surface area (Å²) in [6.45, 7) is 1.61. The SMILES string of the molecule is NC(=NCC1CCOC2(CCC2)C1)Nc1cccc(Oc2ccccc2)c1. The van der Waals surface area contributed by atoms with Gasteiger partial charge in [-0.15, -0.1) is 0 Å². The molecule has 1 atom stereocenters. The van der Waals surface area contributed by atoms with E-state index in [9.17, 15) is 0 Å². The van der Waals surface area contributed by atoms with Crippen LogP contribution < -0.4 is 15.8 Å². The van der Waals surface area contributed by atoms with Gasteiger partial charge in [-0.1, -0.05) is 24.3 Å². The molecule has 0 amide bonds. The van der Waals surface area contributed by atoms with E-state index in [0.717, 1.165) is 43.2 Å². The van der Waals surface area contributed by atoms with E-state index in [4.69, 9.17) is 15.2 Å². The Bertz CT molecular complexity index is 787. The van der Waals surface area contributed by atoms with Crippen molar-refractivity contribution in [3.63, 3.8) is 0 Å². The van der Waals surface area contributed by atoms with Crippen molar-refractivity contribution >= 4 is 11.6 Å². The van der Waals surface area contributed by atoms with Gasteiger partial charge in [-0.2, -0.15) is 0 Å². The summed E-state index contributed by atoms with van der Waals surface area (Å²) in [5.41, 5.74) is 7.13. The van der Waals surface area contributed by atoms with E-state index < -0.39 is 0 Å². The third-order valence-corrected chi connectivity index (χ3v) is 5.46. The molecule has 3 N–H and O–H groups in total. The predicted octanol–water partition coefficient (Wildman–Crippen LogP) is 4.55. The van der Waals surface area contributed by atoms with Crippen molar-refractivity contribution in [2.24, 2.45) is 16.6 Å². The molecule has 0 aromatic heterocycles. The Balaban J connectivity index is 1.33. The summed E-state index contributed by atoms with van der Waals surface area (Å²) in [5.74, 6) is 2.57. The molecule has 1 aliphatic carbocycles. The average molecular weight is 365 g/mol. The largest absolute Gasteiger partial charge is 0.457 e. The first-order valence-electron chi connectivity index (χ1n) is 9.75. The summed E-state index contributed by atoms with van der Waals surface area (Å²) in [6, 6.07) is 17.5. The summed E-state index contributed by atoms with van der Waals surface area (Å²) >= 11 is 0. The highest BCUT2D eigenvalue weighted by atomic mass is 16.5. The molecule has 2 fully saturated rings. The Kier molecular flexibility index (Phi) is 5.30. The second-order valence-corrected chi connectivity index (χ2v) is 7.54. The number of hydrogen-bond acceptors (Lipinski definition) is 3. The highest BCUT2D eigenvalue weighted by Gasteiger charge is 2.42. The van der Waals surface area contributed by atoms with Crippen LogP contribution in [0.4, 0.5) is 5.69 Å². The van der Waals surface area contributed by atoms with Crippen LogP contribution in [0, 0.1) is 5.92 Å². The van der Waals surface area contributed by atoms with E-state index in [2.05, 4.69) is 10.3 Å². The van der Waals surface area contributed by atoms with Gasteiger partial charge in [-0.05, 0) is 62.3 Å². The number of aliphatic imine (C=N–C) groups is 1. The molecule has 2 aromatic rings. The van der Waals surface area contributed by atoms with Crippen LogP contribution in [0.3, 0.4) is 0 Å². The lowest BCUT2D eigenvalue weighted by atomic mass is 9.72. The number of anilines is 1. The molecule has 0 bridgehead atoms. The highest BCUT2D eigenvalue weighted by molar-refractivity contribution is 5.92. The molecular weight excluding hydrogens is 338 g/mol. The molecule has 27 heavy (non-hydrogen) atoms. The van der Waals surface area contributed by atoms with Crippen LogP contribution in [-0.2, 0) is 4.74 Å². The van der Waals surface area contributed by atoms with Crippen LogP contribution in [0.5, 0.6) is 11.5 Å². The fourth-order valence-corrected chi connectivity index (χ4v) is 3.88. The van der Waals surface area contributed by atoms with E-state index in [0.29, 0.717) is 11.9 Å². The van der Waals surface area contributed by atoms with Gasteiger partial charge in [0.15, 0.2) is 5.96 Å². The van der Waals surface area contributed by atoms with E-state index in [-0.39, 0.29) is 5.60 Å². The quantitative estimate of drug-likeness (QED) is 0.602. The second kappa shape index (κ2) is 8.01. The van der Waals surface area contributed by atoms with E-state index in [1.54, 1.807) is 0 Å². The average Bonchev–Trinajstić information content (AvgIpc) is 2.66. The van der Waals surface area contributed by atoms with Crippen molar-refractivity contribution in [1.82, 2.24) is 0 Å². The van der Waals surface area contributed by atoms with Crippen molar-refractivity contribution in [3.8, 4) is 11.5 Å². The molecular formula is C22H27N3O2. The summed E-state index contributed by atoms with van der Waals surface area (Å²) in [4.78, 5) is 4.57. The van der Waals surface area contributed by atoms with Crippen LogP contribution in [0.2, 0.25) is 0 Å². The van der Waals surface area contributed by atoms with Gasteiger partial charge in [0.25, 0.3) is 0 Å². The number of nitrogens with two attached hydrogens (primary N) is 1. The molecule has 5 heteroatoms. The van der Waals surface area contributed by atoms with Crippen molar-refractivity contribution in [2.45, 2.75) is 37.7 Å². The standard InChI is InChI=1S/C22H27N3O2/c23-21(24-16-17-10-13-26-22(15-17)11-5-12-22)25-18-6-4-9-20(14-18)27-19-7-2-1-3-8-19/h1-4,6-9,14,17H,5,10-13,15-16H2,(H3,23,24,25). The number of para-hydroxylation sites is 1. The van der Waals surface area contributed by atoms with Gasteiger partial charge >= 0.3 is 0 Å². The maximum absolute atomic E-state index is 6.11. The predicted molar refractivity (Wildman–Crippen MR) is 108 cm³/mol. The lowest BCUT2D eigenvalue weighted by molar-refractivity contribution is -0.141. The molecule has 0 radical (unpaired) electrons. The van der Waals surface area contributed by atoms with Crippen LogP contribution in [0.1, 0.15) is 32.1 Å². The minimum atomic E-state index is 0.156. The number of nitrogens with one attached hydrogen (secondary N) is 1. The van der Waals surface area contributed by atoms with E-state index >= 15 is 0 Å². The summed E-state index contributed by atoms with van der Waals surface area (Å²) in [7, 11) is 0. The third-order valence-electron chi connectivity index (χ3n) is 5.46. The second-order valence-electron chi connectivity index (χ2n) is 7.54. The Morgan fingerprint density at radius 3 is 2.74 bits per heavy atom. The summed E-state index contributed by atoms with van der Waals surface area (Å²) in [5, 5.41) is 3.17. The number of ether oxygens (including phenoxy) is 2. The van der Waals surface area contributed by atoms with Gasteiger partial charge in [0.05, 0.1) is 5.60 Å². The number of nitrogens with zero attached hydrogens (tertiary/aromatic N) is 1. The molecule has 1 saturated carbocycles. The first-order valence-corrected chi connectivity index (χ1v) is 9.75. The van der Waals surface area contributed by atoms with Crippen molar-refractivity contribution in [2.75, 3.05) is 18.5 Å². The zero-order valence-electron chi connectivity index (χ0n) is 15.6. The maximum Gasteiger partial charge on any atom is 0.193 e. The lowest BCUT2D eigenvalue weighted by Gasteiger charge is -2.47. The normalized spacial score (nSPS) is 21.5. The first kappa shape index (κ1) is 17.9. The first-order chi connectivity index (χ1) is 13.2. The van der Waals surface area contributed by atoms with Crippen LogP contribution >= 0.6 is 0 Å². The minimum absolute atomic E-state index is 0.156. The molecule has 1 aliphatic heterocycles. The van der Waals surface area contributed by atoms with Gasteiger partial charge in [0, 0.05) is 24.9 Å². The Morgan fingerprint density at radius 2 is 1.96 bits per heavy atom. The molecule has 4 rings (SSSR count). The maximum atomic E-state index is 6.11. The molecule has 1 saturated heterocycles. The number of guanidine groups is 1. The van der Waals surface area contributed by atoms with Gasteiger partial charge in [0.2, 0.25) is 0 Å². The Morgan fingerprint density at radius 1 is 1.15 bits per heavy atom. The fraction of sp³-hybridized carbons (Fsp3) is 0.409. The number of benzene rings is 2. The van der Waals surface area contributed by atoms with Crippen molar-refractivity contribution in [1.29, 1.82) is 0 Å². The number of hydrogen-bond donors (Lipinski definition) is 2. The minimum Gasteiger partial charge on any atom is -0.457 e. The molecule has 2 aliphatic rings. The summed E-state index contributed by atoms with van der Waals surface area (Å²) < 4.78 is 11.8. The fourth-order valence-electron chi connectivity index (χ4n) is 3.88. The number of rotatable bonds is 5. The van der Waals surface area contributed by atoms with E-state index in [1.165, 1.54) is 19.3 Å². The zero-order chi connectivity index (χ0) is 18.5. The lowest BCUT2D eigenvalue weighted by Crippen LogP contribution is -2.46.